The third-order valence-corrected chi connectivity index (χ3v) is 12.2. The summed E-state index contributed by atoms with van der Waals surface area (Å²) in [5.41, 5.74) is 0.554. The lowest BCUT2D eigenvalue weighted by atomic mass is 9.49. The number of imide groups is 2. The van der Waals surface area contributed by atoms with Crippen LogP contribution in [0.5, 0.6) is 11.5 Å². The Kier molecular flexibility index (Phi) is 10.4. The molecule has 3 aliphatic heterocycles. The second-order valence-corrected chi connectivity index (χ2v) is 16.7. The molecule has 1 aliphatic carbocycles. The lowest BCUT2D eigenvalue weighted by Crippen LogP contribution is -2.74. The SMILES string of the molecule is CN1C(=O)CCC(N2C(=O)c3ccc(OCCCCN4CCC(n5cc(C(=O)N[C@H]6C(C)(C)[C@H](Oc7ccc(C#N)c(Cl)c7)C6(C)C)cn5)C4)cc3C2=O)C1=O. The average Bonchev–Trinajstić information content (AvgIpc) is 3.91. The van der Waals surface area contributed by atoms with Crippen LogP contribution < -0.4 is 14.8 Å². The number of nitrogens with one attached hydrogen (secondary N) is 1. The normalized spacial score (nSPS) is 24.2. The van der Waals surface area contributed by atoms with E-state index in [-0.39, 0.29) is 64.8 Å². The summed E-state index contributed by atoms with van der Waals surface area (Å²) in [4.78, 5) is 68.7. The monoisotopic (exact) mass is 783 g/mol. The summed E-state index contributed by atoms with van der Waals surface area (Å²) in [5.74, 6) is -1.10. The maximum atomic E-state index is 13.5. The van der Waals surface area contributed by atoms with Crippen LogP contribution in [-0.2, 0) is 9.59 Å². The number of fused-ring (bicyclic) bond motifs is 1. The van der Waals surface area contributed by atoms with Crippen LogP contribution in [0.25, 0.3) is 0 Å². The van der Waals surface area contributed by atoms with Gasteiger partial charge in [0.25, 0.3) is 23.6 Å². The summed E-state index contributed by atoms with van der Waals surface area (Å²) >= 11 is 6.24. The molecule has 15 heteroatoms. The molecule has 3 aromatic rings. The van der Waals surface area contributed by atoms with E-state index in [4.69, 9.17) is 21.1 Å². The standard InChI is InChI=1S/C41H46ClN7O7/c1-40(2)38(41(3,4)39(40)56-28-9-8-24(20-43)31(42)19-28)45-34(51)25-21-44-48(22-25)26-14-16-47(23-26)15-6-7-17-55-27-10-11-29-30(18-27)36(53)49(35(29)52)32-12-13-33(50)46(5)37(32)54/h8-11,18-19,21-22,26,32,38-39H,6-7,12-17,23H2,1-5H3,(H,45,51)/t26?,32?,38-,39-. The zero-order chi connectivity index (χ0) is 40.1. The van der Waals surface area contributed by atoms with E-state index in [1.54, 1.807) is 42.6 Å². The summed E-state index contributed by atoms with van der Waals surface area (Å²) in [6, 6.07) is 10.9. The first-order valence-electron chi connectivity index (χ1n) is 19.0. The molecule has 0 spiro atoms. The number of halogens is 1. The fourth-order valence-electron chi connectivity index (χ4n) is 9.07. The first-order chi connectivity index (χ1) is 26.6. The van der Waals surface area contributed by atoms with Crippen molar-refractivity contribution in [3.05, 3.63) is 76.1 Å². The van der Waals surface area contributed by atoms with E-state index in [0.29, 0.717) is 34.3 Å². The molecule has 4 heterocycles. The first-order valence-corrected chi connectivity index (χ1v) is 19.4. The summed E-state index contributed by atoms with van der Waals surface area (Å²) in [5, 5.41) is 17.3. The highest BCUT2D eigenvalue weighted by molar-refractivity contribution is 6.31. The van der Waals surface area contributed by atoms with Gasteiger partial charge in [-0.15, -0.1) is 0 Å². The van der Waals surface area contributed by atoms with E-state index in [1.165, 1.54) is 7.05 Å². The van der Waals surface area contributed by atoms with Crippen LogP contribution in [0.1, 0.15) is 102 Å². The number of rotatable bonds is 12. The minimum atomic E-state index is -0.995. The minimum absolute atomic E-state index is 0.0901. The van der Waals surface area contributed by atoms with Crippen molar-refractivity contribution in [3.63, 3.8) is 0 Å². The quantitative estimate of drug-likeness (QED) is 0.198. The Labute approximate surface area is 330 Å². The highest BCUT2D eigenvalue weighted by Gasteiger charge is 2.64. The van der Waals surface area contributed by atoms with E-state index in [2.05, 4.69) is 49.1 Å². The van der Waals surface area contributed by atoms with Gasteiger partial charge in [-0.2, -0.15) is 10.4 Å². The fourth-order valence-corrected chi connectivity index (χ4v) is 9.29. The number of likely N-dealkylation sites (tertiary alicyclic amines) is 2. The number of benzene rings is 2. The van der Waals surface area contributed by atoms with Gasteiger partial charge in [0.1, 0.15) is 29.7 Å². The Morgan fingerprint density at radius 3 is 2.46 bits per heavy atom. The Morgan fingerprint density at radius 2 is 1.73 bits per heavy atom. The van der Waals surface area contributed by atoms with Crippen molar-refractivity contribution in [2.45, 2.75) is 84.0 Å². The molecule has 2 aromatic carbocycles. The topological polar surface area (TPSA) is 167 Å². The number of amides is 5. The second kappa shape index (κ2) is 15.0. The molecule has 1 saturated carbocycles. The molecule has 56 heavy (non-hydrogen) atoms. The van der Waals surface area contributed by atoms with E-state index in [0.717, 1.165) is 48.7 Å². The maximum Gasteiger partial charge on any atom is 0.262 e. The highest BCUT2D eigenvalue weighted by atomic mass is 35.5. The van der Waals surface area contributed by atoms with Crippen molar-refractivity contribution in [2.24, 2.45) is 10.8 Å². The molecule has 3 fully saturated rings. The number of piperidine rings is 1. The smallest absolute Gasteiger partial charge is 0.262 e. The van der Waals surface area contributed by atoms with Crippen LogP contribution in [0.2, 0.25) is 5.02 Å². The zero-order valence-electron chi connectivity index (χ0n) is 32.2. The third-order valence-electron chi connectivity index (χ3n) is 11.9. The number of aromatic nitrogens is 2. The van der Waals surface area contributed by atoms with Gasteiger partial charge in [-0.3, -0.25) is 38.5 Å². The van der Waals surface area contributed by atoms with Gasteiger partial charge in [0.15, 0.2) is 0 Å². The van der Waals surface area contributed by atoms with Gasteiger partial charge in [-0.1, -0.05) is 39.3 Å². The predicted molar refractivity (Wildman–Crippen MR) is 204 cm³/mol. The largest absolute Gasteiger partial charge is 0.494 e. The number of hydrogen-bond donors (Lipinski definition) is 1. The molecule has 2 atom stereocenters. The van der Waals surface area contributed by atoms with Gasteiger partial charge in [0.05, 0.1) is 46.1 Å². The second-order valence-electron chi connectivity index (χ2n) is 16.3. The van der Waals surface area contributed by atoms with E-state index in [9.17, 15) is 29.2 Å². The van der Waals surface area contributed by atoms with Crippen molar-refractivity contribution in [2.75, 3.05) is 33.3 Å². The molecule has 1 aromatic heterocycles. The van der Waals surface area contributed by atoms with Crippen molar-refractivity contribution < 1.29 is 33.4 Å². The molecule has 2 saturated heterocycles. The molecule has 7 rings (SSSR count). The lowest BCUT2D eigenvalue weighted by molar-refractivity contribution is -0.164. The number of hydrogen-bond acceptors (Lipinski definition) is 10. The van der Waals surface area contributed by atoms with Crippen molar-refractivity contribution in [1.82, 2.24) is 29.8 Å². The van der Waals surface area contributed by atoms with Crippen molar-refractivity contribution >= 4 is 41.1 Å². The van der Waals surface area contributed by atoms with Gasteiger partial charge >= 0.3 is 0 Å². The van der Waals surface area contributed by atoms with Crippen LogP contribution in [-0.4, -0.2) is 105 Å². The Balaban J connectivity index is 0.851. The molecule has 294 valence electrons. The Morgan fingerprint density at radius 1 is 1.00 bits per heavy atom. The van der Waals surface area contributed by atoms with Gasteiger partial charge in [0, 0.05) is 55.7 Å². The molecule has 5 amide bonds. The summed E-state index contributed by atoms with van der Waals surface area (Å²) in [6.45, 7) is 11.3. The maximum absolute atomic E-state index is 13.5. The molecule has 14 nitrogen and oxygen atoms in total. The van der Waals surface area contributed by atoms with E-state index < -0.39 is 23.8 Å². The van der Waals surface area contributed by atoms with Crippen molar-refractivity contribution in [3.8, 4) is 17.6 Å². The Hall–Kier alpha value is -5.26. The van der Waals surface area contributed by atoms with Crippen LogP contribution in [0.3, 0.4) is 0 Å². The summed E-state index contributed by atoms with van der Waals surface area (Å²) in [7, 11) is 1.36. The molecule has 4 aliphatic rings. The number of carbonyl (C=O) groups excluding carboxylic acids is 5. The molecule has 0 bridgehead atoms. The average molecular weight is 784 g/mol. The van der Waals surface area contributed by atoms with Gasteiger partial charge in [-0.05, 0) is 62.6 Å². The van der Waals surface area contributed by atoms with E-state index in [1.807, 2.05) is 10.9 Å². The molecular formula is C41H46ClN7O7. The van der Waals surface area contributed by atoms with Gasteiger partial charge < -0.3 is 19.7 Å². The third kappa shape index (κ3) is 7.03. The number of likely N-dealkylation sites (N-methyl/N-ethyl adjacent to an activating group) is 1. The number of nitriles is 1. The zero-order valence-corrected chi connectivity index (χ0v) is 33.0. The number of ether oxygens (including phenoxy) is 2. The van der Waals surface area contributed by atoms with Gasteiger partial charge in [0.2, 0.25) is 5.91 Å². The van der Waals surface area contributed by atoms with Crippen LogP contribution in [0.4, 0.5) is 0 Å². The summed E-state index contributed by atoms with van der Waals surface area (Å²) < 4.78 is 14.2. The molecular weight excluding hydrogens is 738 g/mol. The van der Waals surface area contributed by atoms with Crippen LogP contribution in [0, 0.1) is 22.2 Å². The fraction of sp³-hybridized carbons (Fsp3) is 0.488. The number of carbonyl (C=O) groups is 5. The number of nitrogens with zero attached hydrogens (tertiary/aromatic N) is 6. The number of unbranched alkanes of at least 4 members (excludes halogenated alkanes) is 1. The summed E-state index contributed by atoms with van der Waals surface area (Å²) in [6.07, 6.45) is 6.03. The van der Waals surface area contributed by atoms with Crippen LogP contribution in [0.15, 0.2) is 48.8 Å². The minimum Gasteiger partial charge on any atom is -0.494 e. The van der Waals surface area contributed by atoms with Crippen LogP contribution >= 0.6 is 11.6 Å². The molecule has 2 unspecified atom stereocenters. The highest BCUT2D eigenvalue weighted by Crippen LogP contribution is 2.55. The Bertz CT molecular complexity index is 2130. The molecule has 0 radical (unpaired) electrons. The first kappa shape index (κ1) is 39.0. The predicted octanol–water partition coefficient (Wildman–Crippen LogP) is 4.87. The molecule has 1 N–H and O–H groups in total. The lowest BCUT2D eigenvalue weighted by Gasteiger charge is -2.63. The van der Waals surface area contributed by atoms with Gasteiger partial charge in [-0.25, -0.2) is 0 Å². The van der Waals surface area contributed by atoms with Crippen molar-refractivity contribution in [1.29, 1.82) is 5.26 Å². The van der Waals surface area contributed by atoms with E-state index >= 15 is 0 Å².